The number of rotatable bonds is 5. The summed E-state index contributed by atoms with van der Waals surface area (Å²) in [7, 11) is 0. The van der Waals surface area contributed by atoms with Crippen LogP contribution in [-0.4, -0.2) is 60.2 Å². The predicted molar refractivity (Wildman–Crippen MR) is 73.1 cm³/mol. The van der Waals surface area contributed by atoms with E-state index in [1.54, 1.807) is 18.3 Å². The van der Waals surface area contributed by atoms with Gasteiger partial charge in [-0.1, -0.05) is 0 Å². The molecule has 19 heavy (non-hydrogen) atoms. The predicted octanol–water partition coefficient (Wildman–Crippen LogP) is -0.315. The van der Waals surface area contributed by atoms with Crippen LogP contribution in [0.2, 0.25) is 0 Å². The lowest BCUT2D eigenvalue weighted by Gasteiger charge is -2.35. The van der Waals surface area contributed by atoms with Crippen LogP contribution in [0.15, 0.2) is 18.3 Å². The van der Waals surface area contributed by atoms with Gasteiger partial charge in [-0.2, -0.15) is 0 Å². The van der Waals surface area contributed by atoms with Gasteiger partial charge in [0.15, 0.2) is 0 Å². The van der Waals surface area contributed by atoms with Crippen molar-refractivity contribution in [2.24, 2.45) is 5.73 Å². The third-order valence-corrected chi connectivity index (χ3v) is 3.36. The van der Waals surface area contributed by atoms with Gasteiger partial charge in [-0.05, 0) is 18.6 Å². The summed E-state index contributed by atoms with van der Waals surface area (Å²) in [4.78, 5) is 20.1. The van der Waals surface area contributed by atoms with Crippen molar-refractivity contribution in [3.8, 4) is 0 Å². The van der Waals surface area contributed by atoms with E-state index in [1.165, 1.54) is 0 Å². The summed E-state index contributed by atoms with van der Waals surface area (Å²) in [5, 5.41) is 8.83. The first-order chi connectivity index (χ1) is 9.22. The number of carbonyl (C=O) groups excluding carboxylic acids is 1. The Morgan fingerprint density at radius 3 is 2.74 bits per heavy atom. The van der Waals surface area contributed by atoms with Crippen LogP contribution in [0.3, 0.4) is 0 Å². The molecule has 104 valence electrons. The monoisotopic (exact) mass is 264 g/mol. The van der Waals surface area contributed by atoms with Gasteiger partial charge in [-0.3, -0.25) is 9.69 Å². The van der Waals surface area contributed by atoms with E-state index in [2.05, 4.69) is 14.8 Å². The van der Waals surface area contributed by atoms with Crippen molar-refractivity contribution in [1.82, 2.24) is 9.88 Å². The smallest absolute Gasteiger partial charge is 0.252 e. The molecule has 1 aromatic rings. The van der Waals surface area contributed by atoms with E-state index in [9.17, 15) is 4.79 Å². The van der Waals surface area contributed by atoms with E-state index in [0.717, 1.165) is 39.1 Å². The number of pyridine rings is 1. The molecule has 0 bridgehead atoms. The first-order valence-electron chi connectivity index (χ1n) is 6.55. The standard InChI is InChI=1S/C13H20N4O2/c14-12(19)11-3-1-4-15-13(11)17-8-6-16(7-9-17)5-2-10-18/h1,3-4,18H,2,5-10H2,(H2,14,19). The Hall–Kier alpha value is -1.66. The average Bonchev–Trinajstić information content (AvgIpc) is 2.45. The first kappa shape index (κ1) is 13.8. The highest BCUT2D eigenvalue weighted by atomic mass is 16.3. The lowest BCUT2D eigenvalue weighted by Crippen LogP contribution is -2.47. The number of hydrogen-bond acceptors (Lipinski definition) is 5. The topological polar surface area (TPSA) is 82.7 Å². The van der Waals surface area contributed by atoms with Crippen LogP contribution >= 0.6 is 0 Å². The number of hydrogen-bond donors (Lipinski definition) is 2. The number of primary amides is 1. The maximum Gasteiger partial charge on any atom is 0.252 e. The summed E-state index contributed by atoms with van der Waals surface area (Å²) in [6, 6.07) is 3.43. The number of carbonyl (C=O) groups is 1. The molecule has 0 saturated carbocycles. The summed E-state index contributed by atoms with van der Waals surface area (Å²) in [5.41, 5.74) is 5.85. The second kappa shape index (κ2) is 6.49. The van der Waals surface area contributed by atoms with E-state index >= 15 is 0 Å². The Morgan fingerprint density at radius 2 is 2.11 bits per heavy atom. The molecule has 1 fully saturated rings. The molecule has 0 aliphatic carbocycles. The molecule has 0 atom stereocenters. The van der Waals surface area contributed by atoms with Crippen molar-refractivity contribution in [2.75, 3.05) is 44.2 Å². The molecule has 6 heteroatoms. The number of anilines is 1. The fourth-order valence-corrected chi connectivity index (χ4v) is 2.32. The first-order valence-corrected chi connectivity index (χ1v) is 6.55. The third kappa shape index (κ3) is 3.42. The molecular formula is C13H20N4O2. The van der Waals surface area contributed by atoms with Crippen molar-refractivity contribution in [1.29, 1.82) is 0 Å². The zero-order valence-corrected chi connectivity index (χ0v) is 11.0. The lowest BCUT2D eigenvalue weighted by molar-refractivity contribution is 0.1000. The molecular weight excluding hydrogens is 244 g/mol. The van der Waals surface area contributed by atoms with E-state index in [-0.39, 0.29) is 6.61 Å². The van der Waals surface area contributed by atoms with Gasteiger partial charge in [-0.15, -0.1) is 0 Å². The molecule has 1 aliphatic heterocycles. The van der Waals surface area contributed by atoms with Gasteiger partial charge in [0.25, 0.3) is 5.91 Å². The maximum absolute atomic E-state index is 11.4. The molecule has 6 nitrogen and oxygen atoms in total. The Labute approximate surface area is 112 Å². The van der Waals surface area contributed by atoms with E-state index < -0.39 is 5.91 Å². The second-order valence-corrected chi connectivity index (χ2v) is 4.64. The van der Waals surface area contributed by atoms with Crippen LogP contribution in [0.4, 0.5) is 5.82 Å². The molecule has 1 aliphatic rings. The highest BCUT2D eigenvalue weighted by molar-refractivity contribution is 5.97. The van der Waals surface area contributed by atoms with E-state index in [4.69, 9.17) is 10.8 Å². The summed E-state index contributed by atoms with van der Waals surface area (Å²) in [6.07, 6.45) is 2.48. The minimum absolute atomic E-state index is 0.228. The zero-order valence-electron chi connectivity index (χ0n) is 11.0. The Bertz CT molecular complexity index is 430. The van der Waals surface area contributed by atoms with Crippen LogP contribution in [0.5, 0.6) is 0 Å². The summed E-state index contributed by atoms with van der Waals surface area (Å²) >= 11 is 0. The fourth-order valence-electron chi connectivity index (χ4n) is 2.32. The Balaban J connectivity index is 2.00. The molecule has 0 unspecified atom stereocenters. The number of aliphatic hydroxyl groups excluding tert-OH is 1. The molecule has 2 rings (SSSR count). The third-order valence-electron chi connectivity index (χ3n) is 3.36. The van der Waals surface area contributed by atoms with Gasteiger partial charge < -0.3 is 15.7 Å². The number of nitrogens with two attached hydrogens (primary N) is 1. The van der Waals surface area contributed by atoms with Crippen molar-refractivity contribution < 1.29 is 9.90 Å². The van der Waals surface area contributed by atoms with Gasteiger partial charge in [0, 0.05) is 45.5 Å². The summed E-state index contributed by atoms with van der Waals surface area (Å²) in [5.74, 6) is 0.239. The number of piperazine rings is 1. The van der Waals surface area contributed by atoms with Gasteiger partial charge >= 0.3 is 0 Å². The van der Waals surface area contributed by atoms with Gasteiger partial charge in [0.1, 0.15) is 5.82 Å². The molecule has 3 N–H and O–H groups in total. The van der Waals surface area contributed by atoms with Crippen LogP contribution < -0.4 is 10.6 Å². The highest BCUT2D eigenvalue weighted by Crippen LogP contribution is 2.18. The van der Waals surface area contributed by atoms with Crippen LogP contribution in [0, 0.1) is 0 Å². The minimum atomic E-state index is -0.439. The fraction of sp³-hybridized carbons (Fsp3) is 0.538. The van der Waals surface area contributed by atoms with Crippen LogP contribution in [-0.2, 0) is 0 Å². The molecule has 0 aromatic carbocycles. The number of aromatic nitrogens is 1. The minimum Gasteiger partial charge on any atom is -0.396 e. The number of aliphatic hydroxyl groups is 1. The Kier molecular flexibility index (Phi) is 4.70. The van der Waals surface area contributed by atoms with Crippen molar-refractivity contribution in [2.45, 2.75) is 6.42 Å². The SMILES string of the molecule is NC(=O)c1cccnc1N1CCN(CCCO)CC1. The molecule has 2 heterocycles. The van der Waals surface area contributed by atoms with Crippen LogP contribution in [0.1, 0.15) is 16.8 Å². The molecule has 0 spiro atoms. The van der Waals surface area contributed by atoms with Gasteiger partial charge in [-0.25, -0.2) is 4.98 Å². The summed E-state index contributed by atoms with van der Waals surface area (Å²) in [6.45, 7) is 4.61. The van der Waals surface area contributed by atoms with Crippen molar-refractivity contribution in [3.05, 3.63) is 23.9 Å². The zero-order chi connectivity index (χ0) is 13.7. The normalized spacial score (nSPS) is 16.6. The van der Waals surface area contributed by atoms with Crippen molar-refractivity contribution >= 4 is 11.7 Å². The lowest BCUT2D eigenvalue weighted by atomic mass is 10.2. The quantitative estimate of drug-likeness (QED) is 0.762. The molecule has 1 aromatic heterocycles. The van der Waals surface area contributed by atoms with E-state index in [1.807, 2.05) is 0 Å². The maximum atomic E-state index is 11.4. The molecule has 1 saturated heterocycles. The molecule has 0 radical (unpaired) electrons. The Morgan fingerprint density at radius 1 is 1.37 bits per heavy atom. The van der Waals surface area contributed by atoms with Crippen LogP contribution in [0.25, 0.3) is 0 Å². The number of nitrogens with zero attached hydrogens (tertiary/aromatic N) is 3. The number of amides is 1. The highest BCUT2D eigenvalue weighted by Gasteiger charge is 2.21. The average molecular weight is 264 g/mol. The van der Waals surface area contributed by atoms with Gasteiger partial charge in [0.05, 0.1) is 5.56 Å². The largest absolute Gasteiger partial charge is 0.396 e. The van der Waals surface area contributed by atoms with Gasteiger partial charge in [0.2, 0.25) is 0 Å². The van der Waals surface area contributed by atoms with E-state index in [0.29, 0.717) is 11.4 Å². The van der Waals surface area contributed by atoms with Crippen molar-refractivity contribution in [3.63, 3.8) is 0 Å². The summed E-state index contributed by atoms with van der Waals surface area (Å²) < 4.78 is 0. The molecule has 1 amide bonds. The second-order valence-electron chi connectivity index (χ2n) is 4.64.